The summed E-state index contributed by atoms with van der Waals surface area (Å²) >= 11 is 5.80. The van der Waals surface area contributed by atoms with Gasteiger partial charge in [-0.2, -0.15) is 13.2 Å². The molecule has 1 aromatic carbocycles. The molecule has 0 aliphatic carbocycles. The van der Waals surface area contributed by atoms with E-state index in [0.29, 0.717) is 6.07 Å². The smallest absolute Gasteiger partial charge is 0.436 e. The van der Waals surface area contributed by atoms with E-state index in [0.717, 1.165) is 0 Å². The van der Waals surface area contributed by atoms with Gasteiger partial charge in [-0.15, -0.1) is 0 Å². The summed E-state index contributed by atoms with van der Waals surface area (Å²) < 4.78 is 41.7. The Labute approximate surface area is 110 Å². The van der Waals surface area contributed by atoms with E-state index in [4.69, 9.17) is 17.3 Å². The highest BCUT2D eigenvalue weighted by Crippen LogP contribution is 2.34. The maximum absolute atomic E-state index is 12.4. The number of hydrogen-bond donors (Lipinski definition) is 1. The van der Waals surface area contributed by atoms with E-state index < -0.39 is 23.6 Å². The summed E-state index contributed by atoms with van der Waals surface area (Å²) in [6.45, 7) is 0. The summed E-state index contributed by atoms with van der Waals surface area (Å²) in [5.74, 6) is -2.63. The van der Waals surface area contributed by atoms with Crippen LogP contribution in [0.5, 0.6) is 0 Å². The van der Waals surface area contributed by atoms with Crippen molar-refractivity contribution < 1.29 is 22.4 Å². The second-order valence-electron chi connectivity index (χ2n) is 3.70. The van der Waals surface area contributed by atoms with Crippen LogP contribution in [0.4, 0.5) is 19.1 Å². The zero-order chi connectivity index (χ0) is 14.2. The van der Waals surface area contributed by atoms with E-state index in [-0.39, 0.29) is 16.1 Å². The summed E-state index contributed by atoms with van der Waals surface area (Å²) in [7, 11) is 0. The standard InChI is InChI=1S/C12H7ClF3NO2/c13-8-4-2-1-3-6(8)10(18)7-5-9(12(14,15)16)19-11(7)17/h1-5H,17H2. The number of ketones is 1. The second kappa shape index (κ2) is 4.62. The molecule has 0 saturated carbocycles. The molecule has 2 N–H and O–H groups in total. The van der Waals surface area contributed by atoms with Gasteiger partial charge in [0.15, 0.2) is 5.78 Å². The number of halogens is 4. The Morgan fingerprint density at radius 3 is 2.37 bits per heavy atom. The minimum Gasteiger partial charge on any atom is -0.436 e. The fourth-order valence-corrected chi connectivity index (χ4v) is 1.73. The van der Waals surface area contributed by atoms with Crippen LogP contribution in [0, 0.1) is 0 Å². The first-order valence-electron chi connectivity index (χ1n) is 5.06. The molecule has 0 amide bonds. The van der Waals surface area contributed by atoms with Crippen molar-refractivity contribution >= 4 is 23.3 Å². The molecule has 0 atom stereocenters. The van der Waals surface area contributed by atoms with Crippen LogP contribution < -0.4 is 5.73 Å². The lowest BCUT2D eigenvalue weighted by Crippen LogP contribution is -2.04. The Kier molecular flexibility index (Phi) is 3.28. The van der Waals surface area contributed by atoms with Crippen molar-refractivity contribution in [3.05, 3.63) is 52.2 Å². The Hall–Kier alpha value is -1.95. The Morgan fingerprint density at radius 1 is 1.21 bits per heavy atom. The van der Waals surface area contributed by atoms with Crippen molar-refractivity contribution in [3.8, 4) is 0 Å². The van der Waals surface area contributed by atoms with Gasteiger partial charge >= 0.3 is 6.18 Å². The summed E-state index contributed by atoms with van der Waals surface area (Å²) in [6.07, 6.45) is -4.70. The van der Waals surface area contributed by atoms with E-state index in [1.807, 2.05) is 0 Å². The molecule has 0 spiro atoms. The molecule has 1 heterocycles. The van der Waals surface area contributed by atoms with Crippen molar-refractivity contribution in [2.45, 2.75) is 6.18 Å². The molecule has 0 unspecified atom stereocenters. The third kappa shape index (κ3) is 2.58. The van der Waals surface area contributed by atoms with Crippen LogP contribution >= 0.6 is 11.6 Å². The van der Waals surface area contributed by atoms with Crippen LogP contribution in [0.3, 0.4) is 0 Å². The molecular formula is C12H7ClF3NO2. The zero-order valence-corrected chi connectivity index (χ0v) is 10.0. The molecule has 0 bridgehead atoms. The molecule has 1 aromatic heterocycles. The SMILES string of the molecule is Nc1oc(C(F)(F)F)cc1C(=O)c1ccccc1Cl. The van der Waals surface area contributed by atoms with Crippen LogP contribution in [-0.4, -0.2) is 5.78 Å². The number of hydrogen-bond acceptors (Lipinski definition) is 3. The van der Waals surface area contributed by atoms with Gasteiger partial charge in [0.2, 0.25) is 11.6 Å². The van der Waals surface area contributed by atoms with E-state index in [9.17, 15) is 18.0 Å². The topological polar surface area (TPSA) is 56.2 Å². The van der Waals surface area contributed by atoms with Gasteiger partial charge in [-0.3, -0.25) is 4.79 Å². The lowest BCUT2D eigenvalue weighted by Gasteiger charge is -2.01. The molecule has 100 valence electrons. The van der Waals surface area contributed by atoms with E-state index in [1.54, 1.807) is 12.1 Å². The summed E-state index contributed by atoms with van der Waals surface area (Å²) in [5, 5.41) is 0.127. The molecule has 0 fully saturated rings. The fourth-order valence-electron chi connectivity index (χ4n) is 1.51. The normalized spacial score (nSPS) is 11.6. The van der Waals surface area contributed by atoms with Gasteiger partial charge in [-0.05, 0) is 12.1 Å². The number of nitrogen functional groups attached to an aromatic ring is 1. The first kappa shape index (κ1) is 13.5. The van der Waals surface area contributed by atoms with E-state index in [1.165, 1.54) is 12.1 Å². The van der Waals surface area contributed by atoms with Gasteiger partial charge in [0.05, 0.1) is 10.6 Å². The predicted octanol–water partition coefficient (Wildman–Crippen LogP) is 3.77. The Morgan fingerprint density at radius 2 is 1.84 bits per heavy atom. The molecule has 2 aromatic rings. The van der Waals surface area contributed by atoms with Crippen molar-refractivity contribution in [1.82, 2.24) is 0 Å². The van der Waals surface area contributed by atoms with Gasteiger partial charge in [0.1, 0.15) is 0 Å². The van der Waals surface area contributed by atoms with Gasteiger partial charge in [-0.1, -0.05) is 23.7 Å². The van der Waals surface area contributed by atoms with Crippen LogP contribution in [0.25, 0.3) is 0 Å². The van der Waals surface area contributed by atoms with E-state index >= 15 is 0 Å². The molecule has 7 heteroatoms. The zero-order valence-electron chi connectivity index (χ0n) is 9.29. The first-order chi connectivity index (χ1) is 8.80. The quantitative estimate of drug-likeness (QED) is 0.856. The predicted molar refractivity (Wildman–Crippen MR) is 63.0 cm³/mol. The summed E-state index contributed by atoms with van der Waals surface area (Å²) in [5.41, 5.74) is 5.00. The Balaban J connectivity index is 2.46. The number of alkyl halides is 3. The van der Waals surface area contributed by atoms with Gasteiger partial charge in [-0.25, -0.2) is 0 Å². The molecule has 19 heavy (non-hydrogen) atoms. The van der Waals surface area contributed by atoms with E-state index in [2.05, 4.69) is 4.42 Å². The lowest BCUT2D eigenvalue weighted by atomic mass is 10.1. The number of rotatable bonds is 2. The minimum absolute atomic E-state index is 0.0605. The maximum Gasteiger partial charge on any atom is 0.449 e. The van der Waals surface area contributed by atoms with Crippen molar-refractivity contribution in [1.29, 1.82) is 0 Å². The number of carbonyl (C=O) groups is 1. The molecule has 2 rings (SSSR count). The van der Waals surface area contributed by atoms with Crippen LogP contribution in [0.15, 0.2) is 34.7 Å². The summed E-state index contributed by atoms with van der Waals surface area (Å²) in [6, 6.07) is 6.56. The van der Waals surface area contributed by atoms with Crippen molar-refractivity contribution in [2.24, 2.45) is 0 Å². The molecule has 0 aliphatic rings. The first-order valence-corrected chi connectivity index (χ1v) is 5.44. The third-order valence-electron chi connectivity index (χ3n) is 2.40. The maximum atomic E-state index is 12.4. The van der Waals surface area contributed by atoms with Crippen LogP contribution in [-0.2, 0) is 6.18 Å². The molecule has 0 radical (unpaired) electrons. The third-order valence-corrected chi connectivity index (χ3v) is 2.73. The van der Waals surface area contributed by atoms with Gasteiger partial charge in [0, 0.05) is 11.6 Å². The highest BCUT2D eigenvalue weighted by Gasteiger charge is 2.37. The molecule has 3 nitrogen and oxygen atoms in total. The Bertz CT molecular complexity index is 634. The minimum atomic E-state index is -4.70. The monoisotopic (exact) mass is 289 g/mol. The largest absolute Gasteiger partial charge is 0.449 e. The highest BCUT2D eigenvalue weighted by atomic mass is 35.5. The van der Waals surface area contributed by atoms with Crippen molar-refractivity contribution in [2.75, 3.05) is 5.73 Å². The second-order valence-corrected chi connectivity index (χ2v) is 4.10. The molecular weight excluding hydrogens is 283 g/mol. The average molecular weight is 290 g/mol. The lowest BCUT2D eigenvalue weighted by molar-refractivity contribution is -0.152. The number of furan rings is 1. The van der Waals surface area contributed by atoms with Gasteiger partial charge in [0.25, 0.3) is 0 Å². The highest BCUT2D eigenvalue weighted by molar-refractivity contribution is 6.35. The fraction of sp³-hybridized carbons (Fsp3) is 0.0833. The van der Waals surface area contributed by atoms with Gasteiger partial charge < -0.3 is 10.2 Å². The molecule has 0 saturated heterocycles. The number of nitrogens with two attached hydrogens (primary N) is 1. The number of anilines is 1. The number of benzene rings is 1. The number of carbonyl (C=O) groups excluding carboxylic acids is 1. The van der Waals surface area contributed by atoms with Crippen LogP contribution in [0.2, 0.25) is 5.02 Å². The summed E-state index contributed by atoms with van der Waals surface area (Å²) in [4.78, 5) is 12.0. The van der Waals surface area contributed by atoms with Crippen LogP contribution in [0.1, 0.15) is 21.7 Å². The van der Waals surface area contributed by atoms with Crippen molar-refractivity contribution in [3.63, 3.8) is 0 Å². The average Bonchev–Trinajstić information content (AvgIpc) is 2.71. The molecule has 0 aliphatic heterocycles.